The summed E-state index contributed by atoms with van der Waals surface area (Å²) in [4.78, 5) is 18.7. The normalized spacial score (nSPS) is 9.93. The third-order valence-electron chi connectivity index (χ3n) is 1.94. The van der Waals surface area contributed by atoms with E-state index in [1.807, 2.05) is 30.3 Å². The molecular weight excluding hydrogens is 212 g/mol. The van der Waals surface area contributed by atoms with E-state index < -0.39 is 5.24 Å². The van der Waals surface area contributed by atoms with Crippen LogP contribution in [0.5, 0.6) is 0 Å². The average molecular weight is 219 g/mol. The standard InChI is InChI=1S/C11H7ClN2O/c12-11(15)10-6-9(13-7-14-10)8-4-2-1-3-5-8/h1-7H. The van der Waals surface area contributed by atoms with E-state index >= 15 is 0 Å². The Labute approximate surface area is 91.8 Å². The minimum absolute atomic E-state index is 0.213. The van der Waals surface area contributed by atoms with Gasteiger partial charge in [0, 0.05) is 5.56 Å². The van der Waals surface area contributed by atoms with Gasteiger partial charge in [-0.25, -0.2) is 9.97 Å². The second-order valence-electron chi connectivity index (χ2n) is 2.93. The number of rotatable bonds is 2. The van der Waals surface area contributed by atoms with Gasteiger partial charge in [0.15, 0.2) is 0 Å². The predicted molar refractivity (Wildman–Crippen MR) is 57.7 cm³/mol. The van der Waals surface area contributed by atoms with Crippen LogP contribution < -0.4 is 0 Å². The lowest BCUT2D eigenvalue weighted by Crippen LogP contribution is -1.95. The molecule has 0 fully saturated rings. The number of benzene rings is 1. The SMILES string of the molecule is O=C(Cl)c1cc(-c2ccccc2)ncn1. The topological polar surface area (TPSA) is 42.9 Å². The maximum Gasteiger partial charge on any atom is 0.270 e. The van der Waals surface area contributed by atoms with Crippen molar-refractivity contribution in [1.29, 1.82) is 0 Å². The molecule has 15 heavy (non-hydrogen) atoms. The van der Waals surface area contributed by atoms with Gasteiger partial charge in [0.2, 0.25) is 0 Å². The van der Waals surface area contributed by atoms with Crippen molar-refractivity contribution in [3.8, 4) is 11.3 Å². The molecule has 74 valence electrons. The van der Waals surface area contributed by atoms with Gasteiger partial charge in [0.1, 0.15) is 12.0 Å². The molecule has 0 aliphatic rings. The summed E-state index contributed by atoms with van der Waals surface area (Å²) in [6.45, 7) is 0. The van der Waals surface area contributed by atoms with Crippen molar-refractivity contribution < 1.29 is 4.79 Å². The third kappa shape index (κ3) is 2.19. The van der Waals surface area contributed by atoms with Crippen LogP contribution in [-0.2, 0) is 0 Å². The Kier molecular flexibility index (Phi) is 2.74. The number of hydrogen-bond acceptors (Lipinski definition) is 3. The van der Waals surface area contributed by atoms with E-state index in [9.17, 15) is 4.79 Å². The van der Waals surface area contributed by atoms with Gasteiger partial charge in [-0.05, 0) is 17.7 Å². The van der Waals surface area contributed by atoms with Crippen LogP contribution in [0.3, 0.4) is 0 Å². The third-order valence-corrected chi connectivity index (χ3v) is 2.13. The highest BCUT2D eigenvalue weighted by Crippen LogP contribution is 2.16. The van der Waals surface area contributed by atoms with Gasteiger partial charge in [-0.2, -0.15) is 0 Å². The number of halogens is 1. The minimum atomic E-state index is -0.574. The van der Waals surface area contributed by atoms with E-state index in [1.165, 1.54) is 6.33 Å². The van der Waals surface area contributed by atoms with Crippen molar-refractivity contribution in [3.05, 3.63) is 48.4 Å². The molecule has 1 aromatic carbocycles. The van der Waals surface area contributed by atoms with Crippen LogP contribution in [0.1, 0.15) is 10.5 Å². The molecule has 1 aromatic heterocycles. The van der Waals surface area contributed by atoms with E-state index in [2.05, 4.69) is 9.97 Å². The Morgan fingerprint density at radius 2 is 1.87 bits per heavy atom. The Bertz CT molecular complexity index is 485. The highest BCUT2D eigenvalue weighted by atomic mass is 35.5. The van der Waals surface area contributed by atoms with Crippen LogP contribution in [0, 0.1) is 0 Å². The molecule has 0 saturated heterocycles. The molecule has 4 heteroatoms. The first kappa shape index (κ1) is 9.80. The molecule has 0 amide bonds. The second-order valence-corrected chi connectivity index (χ2v) is 3.27. The summed E-state index contributed by atoms with van der Waals surface area (Å²) in [5.41, 5.74) is 1.83. The molecule has 0 unspecified atom stereocenters. The molecule has 0 aliphatic heterocycles. The van der Waals surface area contributed by atoms with E-state index in [0.29, 0.717) is 5.69 Å². The van der Waals surface area contributed by atoms with Crippen LogP contribution in [0.4, 0.5) is 0 Å². The zero-order valence-electron chi connectivity index (χ0n) is 7.72. The van der Waals surface area contributed by atoms with Gasteiger partial charge in [-0.15, -0.1) is 0 Å². The Morgan fingerprint density at radius 3 is 2.53 bits per heavy atom. The molecular formula is C11H7ClN2O. The molecule has 0 atom stereocenters. The second kappa shape index (κ2) is 4.19. The van der Waals surface area contributed by atoms with E-state index in [4.69, 9.17) is 11.6 Å². The van der Waals surface area contributed by atoms with Gasteiger partial charge in [-0.3, -0.25) is 4.79 Å². The predicted octanol–water partition coefficient (Wildman–Crippen LogP) is 2.52. The maximum absolute atomic E-state index is 10.9. The summed E-state index contributed by atoms with van der Waals surface area (Å²) in [6.07, 6.45) is 1.33. The smallest absolute Gasteiger partial charge is 0.270 e. The largest absolute Gasteiger partial charge is 0.274 e. The highest BCUT2D eigenvalue weighted by Gasteiger charge is 2.05. The van der Waals surface area contributed by atoms with E-state index in [0.717, 1.165) is 5.56 Å². The van der Waals surface area contributed by atoms with Gasteiger partial charge in [0.25, 0.3) is 5.24 Å². The first-order chi connectivity index (χ1) is 7.27. The molecule has 0 N–H and O–H groups in total. The van der Waals surface area contributed by atoms with Crippen LogP contribution in [-0.4, -0.2) is 15.2 Å². The molecule has 3 nitrogen and oxygen atoms in total. The number of carbonyl (C=O) groups excluding carboxylic acids is 1. The minimum Gasteiger partial charge on any atom is -0.274 e. The van der Waals surface area contributed by atoms with E-state index in [-0.39, 0.29) is 5.69 Å². The van der Waals surface area contributed by atoms with Gasteiger partial charge < -0.3 is 0 Å². The monoisotopic (exact) mass is 218 g/mol. The fraction of sp³-hybridized carbons (Fsp3) is 0. The van der Waals surface area contributed by atoms with Crippen LogP contribution >= 0.6 is 11.6 Å². The average Bonchev–Trinajstić information content (AvgIpc) is 2.30. The number of nitrogens with zero attached hydrogens (tertiary/aromatic N) is 2. The van der Waals surface area contributed by atoms with Gasteiger partial charge >= 0.3 is 0 Å². The number of carbonyl (C=O) groups is 1. The van der Waals surface area contributed by atoms with Gasteiger partial charge in [0.05, 0.1) is 5.69 Å². The van der Waals surface area contributed by atoms with E-state index in [1.54, 1.807) is 6.07 Å². The number of aromatic nitrogens is 2. The summed E-state index contributed by atoms with van der Waals surface area (Å²) < 4.78 is 0. The summed E-state index contributed by atoms with van der Waals surface area (Å²) in [5, 5.41) is -0.574. The van der Waals surface area contributed by atoms with Crippen molar-refractivity contribution >= 4 is 16.8 Å². The molecule has 0 aliphatic carbocycles. The van der Waals surface area contributed by atoms with Crippen molar-refractivity contribution in [2.24, 2.45) is 0 Å². The Hall–Kier alpha value is -1.74. The van der Waals surface area contributed by atoms with Crippen molar-refractivity contribution in [2.45, 2.75) is 0 Å². The lowest BCUT2D eigenvalue weighted by atomic mass is 10.1. The lowest BCUT2D eigenvalue weighted by Gasteiger charge is -2.00. The Balaban J connectivity index is 2.46. The summed E-state index contributed by atoms with van der Waals surface area (Å²) >= 11 is 5.33. The molecule has 0 saturated carbocycles. The van der Waals surface area contributed by atoms with Crippen LogP contribution in [0.25, 0.3) is 11.3 Å². The molecule has 0 spiro atoms. The lowest BCUT2D eigenvalue weighted by molar-refractivity contribution is 0.107. The molecule has 1 heterocycles. The Morgan fingerprint density at radius 1 is 1.13 bits per heavy atom. The molecule has 2 rings (SSSR count). The zero-order valence-corrected chi connectivity index (χ0v) is 8.48. The van der Waals surface area contributed by atoms with Crippen LogP contribution in [0.15, 0.2) is 42.7 Å². The number of hydrogen-bond donors (Lipinski definition) is 0. The molecule has 0 bridgehead atoms. The van der Waals surface area contributed by atoms with Crippen molar-refractivity contribution in [2.75, 3.05) is 0 Å². The van der Waals surface area contributed by atoms with Gasteiger partial charge in [-0.1, -0.05) is 30.3 Å². The first-order valence-electron chi connectivity index (χ1n) is 4.34. The summed E-state index contributed by atoms with van der Waals surface area (Å²) in [7, 11) is 0. The molecule has 2 aromatic rings. The summed E-state index contributed by atoms with van der Waals surface area (Å²) in [6, 6.07) is 11.1. The highest BCUT2D eigenvalue weighted by molar-refractivity contribution is 6.67. The fourth-order valence-corrected chi connectivity index (χ4v) is 1.33. The zero-order chi connectivity index (χ0) is 10.7. The maximum atomic E-state index is 10.9. The van der Waals surface area contributed by atoms with Crippen LogP contribution in [0.2, 0.25) is 0 Å². The molecule has 0 radical (unpaired) electrons. The van der Waals surface area contributed by atoms with Crippen molar-refractivity contribution in [1.82, 2.24) is 9.97 Å². The first-order valence-corrected chi connectivity index (χ1v) is 4.72. The van der Waals surface area contributed by atoms with Crippen molar-refractivity contribution in [3.63, 3.8) is 0 Å². The fourth-order valence-electron chi connectivity index (χ4n) is 1.23. The summed E-state index contributed by atoms with van der Waals surface area (Å²) in [5.74, 6) is 0. The quantitative estimate of drug-likeness (QED) is 0.728.